The maximum absolute atomic E-state index is 12.2. The van der Waals surface area contributed by atoms with Crippen LogP contribution >= 0.6 is 11.8 Å². The van der Waals surface area contributed by atoms with Crippen molar-refractivity contribution in [1.82, 2.24) is 10.3 Å². The summed E-state index contributed by atoms with van der Waals surface area (Å²) < 4.78 is 0. The van der Waals surface area contributed by atoms with E-state index in [4.69, 9.17) is 0 Å². The second kappa shape index (κ2) is 4.13. The molecule has 0 fully saturated rings. The number of hydrazone groups is 1. The Morgan fingerprint density at radius 1 is 1.39 bits per heavy atom. The summed E-state index contributed by atoms with van der Waals surface area (Å²) in [6.07, 6.45) is 1.71. The molecule has 1 aromatic rings. The number of carbonyl (C=O) groups excluding carboxylic acids is 1. The fraction of sp³-hybridized carbons (Fsp3) is 0.250. The minimum atomic E-state index is -0.164. The second-order valence-electron chi connectivity index (χ2n) is 4.03. The van der Waals surface area contributed by atoms with Crippen molar-refractivity contribution in [2.24, 2.45) is 10.1 Å². The van der Waals surface area contributed by atoms with Crippen molar-refractivity contribution in [3.8, 4) is 0 Å². The summed E-state index contributed by atoms with van der Waals surface area (Å²) in [4.78, 5) is 16.7. The molecule has 18 heavy (non-hydrogen) atoms. The topological polar surface area (TPSA) is 57.1 Å². The normalized spacial score (nSPS) is 21.6. The van der Waals surface area contributed by atoms with Gasteiger partial charge in [-0.2, -0.15) is 0 Å². The number of carbonyl (C=O) groups is 1. The summed E-state index contributed by atoms with van der Waals surface area (Å²) in [6.45, 7) is 1.93. The summed E-state index contributed by atoms with van der Waals surface area (Å²) in [5, 5.41) is 11.1. The van der Waals surface area contributed by atoms with E-state index in [2.05, 4.69) is 15.4 Å². The highest BCUT2D eigenvalue weighted by Crippen LogP contribution is 2.18. The number of amides is 1. The highest BCUT2D eigenvalue weighted by atomic mass is 32.2. The van der Waals surface area contributed by atoms with E-state index in [1.807, 2.05) is 37.4 Å². The van der Waals surface area contributed by atoms with Crippen LogP contribution in [0.5, 0.6) is 0 Å². The largest absolute Gasteiger partial charge is 0.298 e. The Labute approximate surface area is 108 Å². The van der Waals surface area contributed by atoms with E-state index >= 15 is 0 Å². The Hall–Kier alpha value is -1.82. The van der Waals surface area contributed by atoms with Gasteiger partial charge >= 0.3 is 0 Å². The minimum Gasteiger partial charge on any atom is -0.298 e. The first-order valence-corrected chi connectivity index (χ1v) is 6.83. The number of para-hydroxylation sites is 1. The van der Waals surface area contributed by atoms with E-state index in [1.54, 1.807) is 5.01 Å². The number of thioether (sulfide) groups is 1. The van der Waals surface area contributed by atoms with Crippen molar-refractivity contribution in [3.63, 3.8) is 0 Å². The van der Waals surface area contributed by atoms with Gasteiger partial charge in [-0.25, -0.2) is 5.01 Å². The summed E-state index contributed by atoms with van der Waals surface area (Å²) in [7, 11) is 0. The Bertz CT molecular complexity index is 667. The molecule has 2 heterocycles. The van der Waals surface area contributed by atoms with Crippen molar-refractivity contribution < 1.29 is 4.79 Å². The van der Waals surface area contributed by atoms with Gasteiger partial charge in [-0.1, -0.05) is 30.0 Å². The van der Waals surface area contributed by atoms with Gasteiger partial charge in [-0.3, -0.25) is 15.1 Å². The molecule has 0 radical (unpaired) electrons. The van der Waals surface area contributed by atoms with Crippen molar-refractivity contribution in [2.75, 3.05) is 6.26 Å². The van der Waals surface area contributed by atoms with E-state index in [9.17, 15) is 4.79 Å². The zero-order valence-electron chi connectivity index (χ0n) is 10.0. The van der Waals surface area contributed by atoms with Gasteiger partial charge in [-0.15, -0.1) is 5.10 Å². The van der Waals surface area contributed by atoms with E-state index < -0.39 is 0 Å². The molecule has 1 aromatic carbocycles. The molecular weight excluding hydrogens is 248 g/mol. The molecule has 0 aromatic heterocycles. The summed E-state index contributed by atoms with van der Waals surface area (Å²) in [5.74, 6) is -0.122. The van der Waals surface area contributed by atoms with Crippen LogP contribution in [0.4, 0.5) is 0 Å². The zero-order valence-corrected chi connectivity index (χ0v) is 10.9. The van der Waals surface area contributed by atoms with Gasteiger partial charge in [-0.05, 0) is 19.2 Å². The van der Waals surface area contributed by atoms with Gasteiger partial charge in [0.25, 0.3) is 5.91 Å². The summed E-state index contributed by atoms with van der Waals surface area (Å²) >= 11 is 1.41. The SMILES string of the molecule is CSC1=NN2C(=c3ccccc3=N[C@H]2C)C(=O)N1. The van der Waals surface area contributed by atoms with E-state index in [0.29, 0.717) is 10.9 Å². The molecule has 1 N–H and O–H groups in total. The Kier molecular flexibility index (Phi) is 2.59. The minimum absolute atomic E-state index is 0.122. The zero-order chi connectivity index (χ0) is 12.7. The van der Waals surface area contributed by atoms with Gasteiger partial charge in [0.05, 0.1) is 5.36 Å². The molecule has 0 saturated heterocycles. The molecule has 5 nitrogen and oxygen atoms in total. The van der Waals surface area contributed by atoms with Crippen LogP contribution in [-0.2, 0) is 4.79 Å². The predicted octanol–water partition coefficient (Wildman–Crippen LogP) is -0.160. The van der Waals surface area contributed by atoms with E-state index in [0.717, 1.165) is 10.6 Å². The Morgan fingerprint density at radius 3 is 2.94 bits per heavy atom. The number of fused-ring (bicyclic) bond motifs is 2. The van der Waals surface area contributed by atoms with Crippen molar-refractivity contribution in [3.05, 3.63) is 34.8 Å². The third kappa shape index (κ3) is 1.60. The highest BCUT2D eigenvalue weighted by molar-refractivity contribution is 8.13. The first-order valence-electron chi connectivity index (χ1n) is 5.61. The Balaban J connectivity index is 2.31. The van der Waals surface area contributed by atoms with Crippen LogP contribution in [0.25, 0.3) is 5.70 Å². The number of hydrogen-bond donors (Lipinski definition) is 1. The maximum Gasteiger partial charge on any atom is 0.276 e. The van der Waals surface area contributed by atoms with Crippen LogP contribution in [0, 0.1) is 0 Å². The molecule has 3 rings (SSSR count). The summed E-state index contributed by atoms with van der Waals surface area (Å²) in [6, 6.07) is 7.63. The third-order valence-corrected chi connectivity index (χ3v) is 3.47. The van der Waals surface area contributed by atoms with Crippen LogP contribution in [-0.4, -0.2) is 28.5 Å². The molecule has 2 aliphatic heterocycles. The molecule has 0 bridgehead atoms. The van der Waals surface area contributed by atoms with Crippen LogP contribution in [0.1, 0.15) is 6.92 Å². The van der Waals surface area contributed by atoms with Gasteiger partial charge < -0.3 is 0 Å². The number of nitrogens with one attached hydrogen (secondary N) is 1. The van der Waals surface area contributed by atoms with E-state index in [-0.39, 0.29) is 12.1 Å². The fourth-order valence-corrected chi connectivity index (χ4v) is 2.45. The molecule has 1 atom stereocenters. The lowest BCUT2D eigenvalue weighted by Gasteiger charge is -2.31. The van der Waals surface area contributed by atoms with Gasteiger partial charge in [0, 0.05) is 5.22 Å². The van der Waals surface area contributed by atoms with Gasteiger partial charge in [0.1, 0.15) is 11.9 Å². The molecule has 0 spiro atoms. The lowest BCUT2D eigenvalue weighted by Crippen LogP contribution is -2.51. The van der Waals surface area contributed by atoms with E-state index in [1.165, 1.54) is 11.8 Å². The third-order valence-electron chi connectivity index (χ3n) is 2.90. The molecular formula is C12H12N4OS. The Morgan fingerprint density at radius 2 is 2.17 bits per heavy atom. The standard InChI is InChI=1S/C12H12N4OS/c1-7-13-9-6-4-3-5-8(9)10-11(17)14-12(18-2)15-16(7)10/h3-7H,1-2H3,(H,14,15,17)/t7-/m1/s1. The highest BCUT2D eigenvalue weighted by Gasteiger charge is 2.30. The predicted molar refractivity (Wildman–Crippen MR) is 71.0 cm³/mol. The molecule has 0 unspecified atom stereocenters. The van der Waals surface area contributed by atoms with Crippen molar-refractivity contribution in [1.29, 1.82) is 0 Å². The van der Waals surface area contributed by atoms with Crippen LogP contribution < -0.4 is 15.9 Å². The molecule has 0 saturated carbocycles. The molecule has 1 amide bonds. The first kappa shape index (κ1) is 11.3. The van der Waals surface area contributed by atoms with Crippen molar-refractivity contribution in [2.45, 2.75) is 13.1 Å². The van der Waals surface area contributed by atoms with Gasteiger partial charge in [0.15, 0.2) is 5.17 Å². The van der Waals surface area contributed by atoms with Crippen LogP contribution in [0.3, 0.4) is 0 Å². The maximum atomic E-state index is 12.2. The van der Waals surface area contributed by atoms with Crippen LogP contribution in [0.15, 0.2) is 34.4 Å². The average Bonchev–Trinajstić information content (AvgIpc) is 2.38. The first-order chi connectivity index (χ1) is 8.70. The van der Waals surface area contributed by atoms with Crippen molar-refractivity contribution >= 4 is 28.5 Å². The molecule has 0 aliphatic carbocycles. The number of rotatable bonds is 0. The molecule has 2 aliphatic rings. The average molecular weight is 260 g/mol. The second-order valence-corrected chi connectivity index (χ2v) is 4.83. The number of nitrogens with zero attached hydrogens (tertiary/aromatic N) is 3. The number of benzene rings is 1. The molecule has 92 valence electrons. The lowest BCUT2D eigenvalue weighted by molar-refractivity contribution is -0.116. The smallest absolute Gasteiger partial charge is 0.276 e. The van der Waals surface area contributed by atoms with Crippen LogP contribution in [0.2, 0.25) is 0 Å². The number of hydrogen-bond acceptors (Lipinski definition) is 5. The quantitative estimate of drug-likeness (QED) is 0.705. The fourth-order valence-electron chi connectivity index (χ4n) is 2.08. The molecule has 6 heteroatoms. The lowest BCUT2D eigenvalue weighted by atomic mass is 10.2. The monoisotopic (exact) mass is 260 g/mol. The summed E-state index contributed by atoms with van der Waals surface area (Å²) in [5.41, 5.74) is 0.575. The van der Waals surface area contributed by atoms with Gasteiger partial charge in [0.2, 0.25) is 0 Å². The number of amidine groups is 1.